The third-order valence-corrected chi connectivity index (χ3v) is 4.24. The maximum absolute atomic E-state index is 10.7. The standard InChI is InChI=1S/C20H17N3O2/c1-25-18-6-4-14-10-16(3-2-15(14)11-18)20(24)17-5-7-19(22-12-17)23-9-8-21-13-23/h2-13,20,24H,1H3. The molecule has 5 nitrogen and oxygen atoms in total. The van der Waals surface area contributed by atoms with Gasteiger partial charge in [-0.15, -0.1) is 0 Å². The van der Waals surface area contributed by atoms with Crippen molar-refractivity contribution in [3.8, 4) is 11.6 Å². The Morgan fingerprint density at radius 2 is 1.80 bits per heavy atom. The zero-order valence-electron chi connectivity index (χ0n) is 13.7. The van der Waals surface area contributed by atoms with E-state index in [1.165, 1.54) is 0 Å². The van der Waals surface area contributed by atoms with Crippen LogP contribution < -0.4 is 4.74 Å². The number of fused-ring (bicyclic) bond motifs is 1. The van der Waals surface area contributed by atoms with E-state index in [4.69, 9.17) is 4.74 Å². The molecule has 25 heavy (non-hydrogen) atoms. The number of hydrogen-bond donors (Lipinski definition) is 1. The number of benzene rings is 2. The molecule has 0 radical (unpaired) electrons. The van der Waals surface area contributed by atoms with Gasteiger partial charge in [-0.1, -0.05) is 24.3 Å². The number of aliphatic hydroxyl groups is 1. The lowest BCUT2D eigenvalue weighted by atomic mass is 9.99. The van der Waals surface area contributed by atoms with Gasteiger partial charge in [0.15, 0.2) is 0 Å². The Morgan fingerprint density at radius 3 is 2.52 bits per heavy atom. The summed E-state index contributed by atoms with van der Waals surface area (Å²) in [7, 11) is 1.65. The summed E-state index contributed by atoms with van der Waals surface area (Å²) in [6, 6.07) is 15.5. The minimum Gasteiger partial charge on any atom is -0.497 e. The second-order valence-electron chi connectivity index (χ2n) is 5.79. The minimum atomic E-state index is -0.726. The monoisotopic (exact) mass is 331 g/mol. The molecule has 0 saturated carbocycles. The highest BCUT2D eigenvalue weighted by atomic mass is 16.5. The average molecular weight is 331 g/mol. The largest absolute Gasteiger partial charge is 0.497 e. The molecule has 1 N–H and O–H groups in total. The number of methoxy groups -OCH3 is 1. The van der Waals surface area contributed by atoms with E-state index in [9.17, 15) is 5.11 Å². The van der Waals surface area contributed by atoms with Gasteiger partial charge in [0.1, 0.15) is 24.0 Å². The van der Waals surface area contributed by atoms with Gasteiger partial charge in [0.2, 0.25) is 0 Å². The molecule has 0 spiro atoms. The fourth-order valence-electron chi connectivity index (χ4n) is 2.84. The molecular formula is C20H17N3O2. The van der Waals surface area contributed by atoms with Crippen molar-refractivity contribution in [2.45, 2.75) is 6.10 Å². The van der Waals surface area contributed by atoms with Crippen LogP contribution in [0.25, 0.3) is 16.6 Å². The maximum atomic E-state index is 10.7. The van der Waals surface area contributed by atoms with Gasteiger partial charge in [-0.25, -0.2) is 9.97 Å². The van der Waals surface area contributed by atoms with Crippen LogP contribution in [0.2, 0.25) is 0 Å². The lowest BCUT2D eigenvalue weighted by Gasteiger charge is -2.13. The molecule has 2 aromatic carbocycles. The van der Waals surface area contributed by atoms with Crippen molar-refractivity contribution >= 4 is 10.8 Å². The molecule has 0 bridgehead atoms. The molecule has 0 fully saturated rings. The van der Waals surface area contributed by atoms with Crippen LogP contribution in [0.15, 0.2) is 73.4 Å². The number of ether oxygens (including phenoxy) is 1. The molecule has 0 aliphatic heterocycles. The SMILES string of the molecule is COc1ccc2cc(C(O)c3ccc(-n4ccnc4)nc3)ccc2c1. The highest BCUT2D eigenvalue weighted by Gasteiger charge is 2.12. The highest BCUT2D eigenvalue weighted by Crippen LogP contribution is 2.27. The molecule has 124 valence electrons. The normalized spacial score (nSPS) is 12.2. The molecule has 2 aromatic heterocycles. The number of pyridine rings is 1. The Labute approximate surface area is 145 Å². The zero-order chi connectivity index (χ0) is 17.2. The van der Waals surface area contributed by atoms with Crippen LogP contribution in [-0.2, 0) is 0 Å². The van der Waals surface area contributed by atoms with E-state index in [2.05, 4.69) is 9.97 Å². The number of hydrogen-bond acceptors (Lipinski definition) is 4. The van der Waals surface area contributed by atoms with Crippen molar-refractivity contribution in [2.24, 2.45) is 0 Å². The van der Waals surface area contributed by atoms with Crippen molar-refractivity contribution in [1.29, 1.82) is 0 Å². The van der Waals surface area contributed by atoms with Crippen LogP contribution >= 0.6 is 0 Å². The van der Waals surface area contributed by atoms with Crippen LogP contribution in [-0.4, -0.2) is 26.8 Å². The first-order valence-corrected chi connectivity index (χ1v) is 7.94. The van der Waals surface area contributed by atoms with Gasteiger partial charge >= 0.3 is 0 Å². The highest BCUT2D eigenvalue weighted by molar-refractivity contribution is 5.84. The van der Waals surface area contributed by atoms with Crippen molar-refractivity contribution in [2.75, 3.05) is 7.11 Å². The zero-order valence-corrected chi connectivity index (χ0v) is 13.7. The third kappa shape index (κ3) is 2.97. The lowest BCUT2D eigenvalue weighted by molar-refractivity contribution is 0.220. The third-order valence-electron chi connectivity index (χ3n) is 4.24. The fraction of sp³-hybridized carbons (Fsp3) is 0.100. The van der Waals surface area contributed by atoms with Gasteiger partial charge in [0.25, 0.3) is 0 Å². The molecule has 0 aliphatic carbocycles. The summed E-state index contributed by atoms with van der Waals surface area (Å²) in [6.45, 7) is 0. The van der Waals surface area contributed by atoms with Gasteiger partial charge in [-0.05, 0) is 40.6 Å². The van der Waals surface area contributed by atoms with Crippen LogP contribution in [0.1, 0.15) is 17.2 Å². The second-order valence-corrected chi connectivity index (χ2v) is 5.79. The minimum absolute atomic E-state index is 0.726. The van der Waals surface area contributed by atoms with Gasteiger partial charge in [-0.3, -0.25) is 4.57 Å². The van der Waals surface area contributed by atoms with Gasteiger partial charge < -0.3 is 9.84 Å². The summed E-state index contributed by atoms with van der Waals surface area (Å²) in [4.78, 5) is 8.41. The summed E-state index contributed by atoms with van der Waals surface area (Å²) >= 11 is 0. The van der Waals surface area contributed by atoms with Crippen LogP contribution in [0.4, 0.5) is 0 Å². The van der Waals surface area contributed by atoms with E-state index in [1.54, 1.807) is 25.8 Å². The molecule has 1 unspecified atom stereocenters. The topological polar surface area (TPSA) is 60.2 Å². The number of aliphatic hydroxyl groups excluding tert-OH is 1. The number of aromatic nitrogens is 3. The lowest BCUT2D eigenvalue weighted by Crippen LogP contribution is -2.02. The molecule has 0 saturated heterocycles. The summed E-state index contributed by atoms with van der Waals surface area (Å²) < 4.78 is 7.07. The van der Waals surface area contributed by atoms with Crippen molar-refractivity contribution < 1.29 is 9.84 Å². The molecule has 0 aliphatic rings. The maximum Gasteiger partial charge on any atom is 0.137 e. The predicted octanol–water partition coefficient (Wildman–Crippen LogP) is 3.51. The summed E-state index contributed by atoms with van der Waals surface area (Å²) in [5.41, 5.74) is 1.58. The van der Waals surface area contributed by atoms with Gasteiger partial charge in [0.05, 0.1) is 7.11 Å². The van der Waals surface area contributed by atoms with E-state index < -0.39 is 6.10 Å². The quantitative estimate of drug-likeness (QED) is 0.622. The van der Waals surface area contributed by atoms with Gasteiger partial charge in [-0.2, -0.15) is 0 Å². The molecule has 5 heteroatoms. The first-order chi connectivity index (χ1) is 12.2. The Bertz CT molecular complexity index is 995. The van der Waals surface area contributed by atoms with Crippen molar-refractivity contribution in [3.05, 3.63) is 84.6 Å². The summed E-state index contributed by atoms with van der Waals surface area (Å²) in [5.74, 6) is 1.58. The van der Waals surface area contributed by atoms with Crippen molar-refractivity contribution in [3.63, 3.8) is 0 Å². The number of imidazole rings is 1. The van der Waals surface area contributed by atoms with E-state index in [-0.39, 0.29) is 0 Å². The van der Waals surface area contributed by atoms with E-state index in [1.807, 2.05) is 59.3 Å². The average Bonchev–Trinajstić information content (AvgIpc) is 3.21. The van der Waals surface area contributed by atoms with Gasteiger partial charge in [0, 0.05) is 24.2 Å². The Hall–Kier alpha value is -3.18. The number of nitrogens with zero attached hydrogens (tertiary/aromatic N) is 3. The molecule has 4 aromatic rings. The smallest absolute Gasteiger partial charge is 0.137 e. The van der Waals surface area contributed by atoms with E-state index in [0.29, 0.717) is 0 Å². The second kappa shape index (κ2) is 6.37. The Morgan fingerprint density at radius 1 is 1.00 bits per heavy atom. The van der Waals surface area contributed by atoms with Crippen LogP contribution in [0, 0.1) is 0 Å². The summed E-state index contributed by atoms with van der Waals surface area (Å²) in [5, 5.41) is 12.8. The summed E-state index contributed by atoms with van der Waals surface area (Å²) in [6.07, 6.45) is 6.19. The van der Waals surface area contributed by atoms with Crippen molar-refractivity contribution in [1.82, 2.24) is 14.5 Å². The molecule has 2 heterocycles. The van der Waals surface area contributed by atoms with Crippen LogP contribution in [0.3, 0.4) is 0 Å². The predicted molar refractivity (Wildman–Crippen MR) is 95.9 cm³/mol. The molecule has 4 rings (SSSR count). The van der Waals surface area contributed by atoms with E-state index in [0.717, 1.165) is 33.5 Å². The molecular weight excluding hydrogens is 314 g/mol. The Balaban J connectivity index is 1.63. The fourth-order valence-corrected chi connectivity index (χ4v) is 2.84. The first-order valence-electron chi connectivity index (χ1n) is 7.94. The number of rotatable bonds is 4. The Kier molecular flexibility index (Phi) is 3.91. The first kappa shape index (κ1) is 15.4. The molecule has 0 amide bonds. The van der Waals surface area contributed by atoms with E-state index >= 15 is 0 Å². The van der Waals surface area contributed by atoms with Crippen LogP contribution in [0.5, 0.6) is 5.75 Å². The molecule has 1 atom stereocenters.